The zero-order valence-corrected chi connectivity index (χ0v) is 12.4. The molecule has 2 fully saturated rings. The van der Waals surface area contributed by atoms with E-state index in [1.807, 2.05) is 4.90 Å². The lowest BCUT2D eigenvalue weighted by molar-refractivity contribution is -0.125. The van der Waals surface area contributed by atoms with Crippen LogP contribution in [0.3, 0.4) is 0 Å². The van der Waals surface area contributed by atoms with Gasteiger partial charge in [-0.15, -0.1) is 0 Å². The topological polar surface area (TPSA) is 75.4 Å². The van der Waals surface area contributed by atoms with E-state index in [1.165, 1.54) is 0 Å². The highest BCUT2D eigenvalue weighted by molar-refractivity contribution is 6.33. The lowest BCUT2D eigenvalue weighted by atomic mass is 9.85. The molecule has 0 aromatic heterocycles. The molecule has 0 spiro atoms. The predicted octanol–water partition coefficient (Wildman–Crippen LogP) is 1.66. The molecule has 3 rings (SSSR count). The molecule has 1 aromatic carbocycles. The van der Waals surface area contributed by atoms with Gasteiger partial charge in [-0.05, 0) is 37.0 Å². The van der Waals surface area contributed by atoms with E-state index >= 15 is 0 Å². The molecule has 2 unspecified atom stereocenters. The molecule has 2 atom stereocenters. The Morgan fingerprint density at radius 1 is 1.38 bits per heavy atom. The summed E-state index contributed by atoms with van der Waals surface area (Å²) in [5.41, 5.74) is 6.74. The van der Waals surface area contributed by atoms with Crippen LogP contribution < -0.4 is 11.1 Å². The highest BCUT2D eigenvalue weighted by atomic mass is 35.5. The van der Waals surface area contributed by atoms with Crippen molar-refractivity contribution in [2.75, 3.05) is 18.8 Å². The molecule has 0 radical (unpaired) electrons. The van der Waals surface area contributed by atoms with Crippen LogP contribution in [0.5, 0.6) is 0 Å². The van der Waals surface area contributed by atoms with Gasteiger partial charge in [0.05, 0.1) is 10.7 Å². The van der Waals surface area contributed by atoms with E-state index in [-0.39, 0.29) is 17.9 Å². The van der Waals surface area contributed by atoms with Crippen LogP contribution in [-0.2, 0) is 4.79 Å². The molecule has 2 amide bonds. The number of nitrogen functional groups attached to an aromatic ring is 1. The van der Waals surface area contributed by atoms with Gasteiger partial charge in [0, 0.05) is 31.1 Å². The molecule has 2 aliphatic rings. The molecule has 2 saturated heterocycles. The number of hydrogen-bond acceptors (Lipinski definition) is 3. The molecule has 3 N–H and O–H groups in total. The molecule has 21 heavy (non-hydrogen) atoms. The zero-order chi connectivity index (χ0) is 15.0. The number of nitrogens with two attached hydrogens (primary N) is 1. The highest BCUT2D eigenvalue weighted by Gasteiger charge is 2.35. The van der Waals surface area contributed by atoms with E-state index < -0.39 is 0 Å². The molecular weight excluding hydrogens is 290 g/mol. The van der Waals surface area contributed by atoms with Gasteiger partial charge in [0.15, 0.2) is 0 Å². The number of anilines is 1. The predicted molar refractivity (Wildman–Crippen MR) is 81.0 cm³/mol. The summed E-state index contributed by atoms with van der Waals surface area (Å²) in [7, 11) is 0. The molecule has 2 aliphatic heterocycles. The zero-order valence-electron chi connectivity index (χ0n) is 11.6. The average molecular weight is 308 g/mol. The second kappa shape index (κ2) is 5.56. The van der Waals surface area contributed by atoms with Gasteiger partial charge in [-0.25, -0.2) is 0 Å². The molecule has 6 heteroatoms. The van der Waals surface area contributed by atoms with Gasteiger partial charge < -0.3 is 16.0 Å². The van der Waals surface area contributed by atoms with Crippen molar-refractivity contribution >= 4 is 29.1 Å². The number of benzene rings is 1. The van der Waals surface area contributed by atoms with Crippen molar-refractivity contribution in [2.24, 2.45) is 5.92 Å². The largest absolute Gasteiger partial charge is 0.398 e. The number of fused-ring (bicyclic) bond motifs is 1. The minimum Gasteiger partial charge on any atom is -0.398 e. The Morgan fingerprint density at radius 3 is 2.95 bits per heavy atom. The fraction of sp³-hybridized carbons (Fsp3) is 0.467. The third-order valence-corrected chi connectivity index (χ3v) is 4.70. The van der Waals surface area contributed by atoms with E-state index in [0.717, 1.165) is 12.8 Å². The van der Waals surface area contributed by atoms with Crippen LogP contribution in [-0.4, -0.2) is 35.8 Å². The quantitative estimate of drug-likeness (QED) is 0.775. The maximum Gasteiger partial charge on any atom is 0.253 e. The first-order chi connectivity index (χ1) is 10.0. The highest BCUT2D eigenvalue weighted by Crippen LogP contribution is 2.27. The first-order valence-corrected chi connectivity index (χ1v) is 7.56. The standard InChI is InChI=1S/C15H18ClN3O2/c16-11-3-1-9(7-12(11)17)15(21)19-6-5-13-10(8-19)2-4-14(20)18-13/h1,3,7,10,13H,2,4-6,8,17H2,(H,18,20). The number of halogens is 1. The number of nitrogens with one attached hydrogen (secondary N) is 1. The summed E-state index contributed by atoms with van der Waals surface area (Å²) in [5, 5.41) is 3.48. The van der Waals surface area contributed by atoms with Crippen LogP contribution in [0.4, 0.5) is 5.69 Å². The Bertz CT molecular complexity index is 590. The number of amides is 2. The van der Waals surface area contributed by atoms with Gasteiger partial charge in [0.1, 0.15) is 0 Å². The number of hydrogen-bond donors (Lipinski definition) is 2. The molecule has 2 heterocycles. The van der Waals surface area contributed by atoms with Gasteiger partial charge in [0.25, 0.3) is 5.91 Å². The molecular formula is C15H18ClN3O2. The molecule has 0 aliphatic carbocycles. The van der Waals surface area contributed by atoms with E-state index in [4.69, 9.17) is 17.3 Å². The monoisotopic (exact) mass is 307 g/mol. The third-order valence-electron chi connectivity index (χ3n) is 4.35. The van der Waals surface area contributed by atoms with Crippen LogP contribution in [0, 0.1) is 5.92 Å². The normalized spacial score (nSPS) is 25.2. The van der Waals surface area contributed by atoms with Gasteiger partial charge in [0.2, 0.25) is 5.91 Å². The number of carbonyl (C=O) groups is 2. The van der Waals surface area contributed by atoms with Crippen LogP contribution in [0.25, 0.3) is 0 Å². The van der Waals surface area contributed by atoms with Gasteiger partial charge in [-0.2, -0.15) is 0 Å². The summed E-state index contributed by atoms with van der Waals surface area (Å²) in [4.78, 5) is 25.8. The Hall–Kier alpha value is -1.75. The van der Waals surface area contributed by atoms with Gasteiger partial charge in [-0.1, -0.05) is 11.6 Å². The number of rotatable bonds is 1. The first-order valence-electron chi connectivity index (χ1n) is 7.18. The Morgan fingerprint density at radius 2 is 2.19 bits per heavy atom. The summed E-state index contributed by atoms with van der Waals surface area (Å²) >= 11 is 5.89. The van der Waals surface area contributed by atoms with Crippen LogP contribution in [0.1, 0.15) is 29.6 Å². The molecule has 5 nitrogen and oxygen atoms in total. The molecule has 1 aromatic rings. The van der Waals surface area contributed by atoms with Crippen LogP contribution >= 0.6 is 11.6 Å². The number of likely N-dealkylation sites (tertiary alicyclic amines) is 1. The first kappa shape index (κ1) is 14.2. The lowest BCUT2D eigenvalue weighted by Crippen LogP contribution is -2.55. The van der Waals surface area contributed by atoms with E-state index in [2.05, 4.69) is 5.32 Å². The minimum atomic E-state index is -0.0197. The lowest BCUT2D eigenvalue weighted by Gasteiger charge is -2.41. The average Bonchev–Trinajstić information content (AvgIpc) is 2.49. The van der Waals surface area contributed by atoms with Crippen molar-refractivity contribution in [1.82, 2.24) is 10.2 Å². The Labute approximate surface area is 128 Å². The van der Waals surface area contributed by atoms with Crippen molar-refractivity contribution < 1.29 is 9.59 Å². The summed E-state index contributed by atoms with van der Waals surface area (Å²) in [6.07, 6.45) is 2.21. The number of piperidine rings is 2. The Balaban J connectivity index is 1.71. The number of nitrogens with zero attached hydrogens (tertiary/aromatic N) is 1. The summed E-state index contributed by atoms with van der Waals surface area (Å²) in [5.74, 6) is 0.459. The molecule has 112 valence electrons. The van der Waals surface area contributed by atoms with Crippen molar-refractivity contribution in [2.45, 2.75) is 25.3 Å². The fourth-order valence-corrected chi connectivity index (χ4v) is 3.27. The maximum atomic E-state index is 12.5. The fourth-order valence-electron chi connectivity index (χ4n) is 3.15. The van der Waals surface area contributed by atoms with Gasteiger partial charge in [-0.3, -0.25) is 9.59 Å². The van der Waals surface area contributed by atoms with Gasteiger partial charge >= 0.3 is 0 Å². The summed E-state index contributed by atoms with van der Waals surface area (Å²) < 4.78 is 0. The SMILES string of the molecule is Nc1cc(C(=O)N2CCC3NC(=O)CCC3C2)ccc1Cl. The van der Waals surface area contributed by atoms with E-state index in [9.17, 15) is 9.59 Å². The van der Waals surface area contributed by atoms with Crippen LogP contribution in [0.15, 0.2) is 18.2 Å². The maximum absolute atomic E-state index is 12.5. The van der Waals surface area contributed by atoms with Crippen molar-refractivity contribution in [1.29, 1.82) is 0 Å². The van der Waals surface area contributed by atoms with Crippen molar-refractivity contribution in [3.8, 4) is 0 Å². The molecule has 0 bridgehead atoms. The summed E-state index contributed by atoms with van der Waals surface area (Å²) in [6.45, 7) is 1.34. The van der Waals surface area contributed by atoms with Crippen LogP contribution in [0.2, 0.25) is 5.02 Å². The van der Waals surface area contributed by atoms with E-state index in [1.54, 1.807) is 18.2 Å². The Kier molecular flexibility index (Phi) is 3.76. The third kappa shape index (κ3) is 2.83. The smallest absolute Gasteiger partial charge is 0.253 e. The van der Waals surface area contributed by atoms with Crippen molar-refractivity contribution in [3.05, 3.63) is 28.8 Å². The van der Waals surface area contributed by atoms with Crippen molar-refractivity contribution in [3.63, 3.8) is 0 Å². The summed E-state index contributed by atoms with van der Waals surface area (Å²) in [6, 6.07) is 5.19. The minimum absolute atomic E-state index is 0.0197. The second-order valence-electron chi connectivity index (χ2n) is 5.75. The second-order valence-corrected chi connectivity index (χ2v) is 6.16. The molecule has 0 saturated carbocycles. The van der Waals surface area contributed by atoms with E-state index in [0.29, 0.717) is 41.7 Å². The number of carbonyl (C=O) groups excluding carboxylic acids is 2.